The lowest BCUT2D eigenvalue weighted by molar-refractivity contribution is -0.137. The molecule has 1 aromatic heterocycles. The van der Waals surface area contributed by atoms with Crippen molar-refractivity contribution in [3.63, 3.8) is 0 Å². The van der Waals surface area contributed by atoms with E-state index in [9.17, 15) is 13.6 Å². The third kappa shape index (κ3) is 5.65. The van der Waals surface area contributed by atoms with Crippen LogP contribution in [0, 0.1) is 23.6 Å². The topological polar surface area (TPSA) is 67.8 Å². The Hall–Kier alpha value is -2.97. The van der Waals surface area contributed by atoms with Crippen molar-refractivity contribution < 1.29 is 23.0 Å². The third-order valence-corrected chi connectivity index (χ3v) is 7.57. The van der Waals surface area contributed by atoms with E-state index in [-0.39, 0.29) is 25.4 Å². The number of carbonyl (C=O) groups is 1. The summed E-state index contributed by atoms with van der Waals surface area (Å²) < 4.78 is 38.3. The highest BCUT2D eigenvalue weighted by atomic mass is 19.1. The Morgan fingerprint density at radius 1 is 1.14 bits per heavy atom. The zero-order valence-electron chi connectivity index (χ0n) is 20.0. The van der Waals surface area contributed by atoms with Crippen LogP contribution in [-0.2, 0) is 11.2 Å². The predicted molar refractivity (Wildman–Crippen MR) is 127 cm³/mol. The summed E-state index contributed by atoms with van der Waals surface area (Å²) in [5.41, 5.74) is 0.318. The molecule has 35 heavy (non-hydrogen) atoms. The van der Waals surface area contributed by atoms with Gasteiger partial charge in [0.05, 0.1) is 45.6 Å². The van der Waals surface area contributed by atoms with Crippen LogP contribution in [0.1, 0.15) is 31.2 Å². The van der Waals surface area contributed by atoms with Crippen molar-refractivity contribution in [3.05, 3.63) is 42.0 Å². The van der Waals surface area contributed by atoms with Gasteiger partial charge in [-0.2, -0.15) is 0 Å². The maximum Gasteiger partial charge on any atom is 0.227 e. The molecule has 3 heterocycles. The van der Waals surface area contributed by atoms with Crippen molar-refractivity contribution in [3.8, 4) is 11.5 Å². The number of benzene rings is 1. The molecular formula is C26H32F2N4O3. The summed E-state index contributed by atoms with van der Waals surface area (Å²) in [7, 11) is 1.61. The van der Waals surface area contributed by atoms with E-state index in [1.807, 2.05) is 0 Å². The van der Waals surface area contributed by atoms with Gasteiger partial charge in [0.2, 0.25) is 11.9 Å². The first-order valence-electron chi connectivity index (χ1n) is 12.4. The van der Waals surface area contributed by atoms with E-state index in [2.05, 4.69) is 14.9 Å². The van der Waals surface area contributed by atoms with Gasteiger partial charge in [-0.25, -0.2) is 18.7 Å². The third-order valence-electron chi connectivity index (χ3n) is 7.57. The largest absolute Gasteiger partial charge is 0.494 e. The fraction of sp³-hybridized carbons (Fsp3) is 0.577. The molecule has 9 heteroatoms. The van der Waals surface area contributed by atoms with E-state index >= 15 is 0 Å². The zero-order valence-corrected chi connectivity index (χ0v) is 20.0. The number of anilines is 1. The van der Waals surface area contributed by atoms with Crippen LogP contribution in [-0.4, -0.2) is 66.8 Å². The number of rotatable bonds is 9. The lowest BCUT2D eigenvalue weighted by atomic mass is 9.90. The van der Waals surface area contributed by atoms with Crippen molar-refractivity contribution in [2.75, 3.05) is 44.8 Å². The summed E-state index contributed by atoms with van der Waals surface area (Å²) in [5, 5.41) is 0. The van der Waals surface area contributed by atoms with Crippen LogP contribution in [0.5, 0.6) is 11.5 Å². The van der Waals surface area contributed by atoms with Crippen LogP contribution in [0.4, 0.5) is 14.7 Å². The smallest absolute Gasteiger partial charge is 0.227 e. The Kier molecular flexibility index (Phi) is 7.02. The number of amides is 1. The molecule has 0 unspecified atom stereocenters. The number of alkyl halides is 1. The second-order valence-electron chi connectivity index (χ2n) is 9.87. The number of likely N-dealkylation sites (tertiary alicyclic amines) is 1. The van der Waals surface area contributed by atoms with Crippen molar-refractivity contribution in [1.82, 2.24) is 14.9 Å². The number of halogens is 2. The van der Waals surface area contributed by atoms with E-state index in [0.717, 1.165) is 50.1 Å². The van der Waals surface area contributed by atoms with Crippen LogP contribution >= 0.6 is 0 Å². The molecule has 2 saturated heterocycles. The summed E-state index contributed by atoms with van der Waals surface area (Å²) in [5.74, 6) is 3.36. The molecule has 188 valence electrons. The highest BCUT2D eigenvalue weighted by Crippen LogP contribution is 2.49. The molecule has 2 aromatic rings. The van der Waals surface area contributed by atoms with Crippen molar-refractivity contribution in [2.24, 2.45) is 17.8 Å². The van der Waals surface area contributed by atoms with Gasteiger partial charge in [0.15, 0.2) is 5.75 Å². The van der Waals surface area contributed by atoms with E-state index < -0.39 is 12.0 Å². The second-order valence-corrected chi connectivity index (χ2v) is 9.87. The van der Waals surface area contributed by atoms with Gasteiger partial charge in [-0.05, 0) is 55.1 Å². The fourth-order valence-electron chi connectivity index (χ4n) is 5.28. The minimum absolute atomic E-state index is 0.0496. The van der Waals surface area contributed by atoms with Crippen LogP contribution in [0.15, 0.2) is 30.6 Å². The molecule has 3 aliphatic rings. The molecule has 2 aliphatic heterocycles. The molecule has 0 bridgehead atoms. The number of carbonyl (C=O) groups excluding carboxylic acids is 1. The summed E-state index contributed by atoms with van der Waals surface area (Å²) in [6.45, 7) is 2.72. The number of ether oxygens (including phenoxy) is 2. The summed E-state index contributed by atoms with van der Waals surface area (Å²) in [6, 6.07) is 4.65. The number of nitrogens with zero attached hydrogens (tertiary/aromatic N) is 4. The normalized spacial score (nSPS) is 22.6. The van der Waals surface area contributed by atoms with Crippen molar-refractivity contribution in [1.29, 1.82) is 0 Å². The molecular weight excluding hydrogens is 454 g/mol. The maximum absolute atomic E-state index is 14.4. The lowest BCUT2D eigenvalue weighted by Crippen LogP contribution is -2.52. The molecule has 1 amide bonds. The average Bonchev–Trinajstić information content (AvgIpc) is 3.63. The van der Waals surface area contributed by atoms with Gasteiger partial charge in [-0.15, -0.1) is 0 Å². The molecule has 1 saturated carbocycles. The van der Waals surface area contributed by atoms with E-state index in [0.29, 0.717) is 29.6 Å². The van der Waals surface area contributed by atoms with E-state index in [4.69, 9.17) is 9.47 Å². The van der Waals surface area contributed by atoms with Crippen molar-refractivity contribution in [2.45, 2.75) is 38.3 Å². The van der Waals surface area contributed by atoms with Gasteiger partial charge in [0, 0.05) is 19.2 Å². The van der Waals surface area contributed by atoms with Gasteiger partial charge in [0.25, 0.3) is 0 Å². The highest BCUT2D eigenvalue weighted by molar-refractivity contribution is 5.79. The monoisotopic (exact) mass is 486 g/mol. The first-order valence-corrected chi connectivity index (χ1v) is 12.4. The molecule has 5 rings (SSSR count). The van der Waals surface area contributed by atoms with E-state index in [1.54, 1.807) is 31.6 Å². The molecule has 7 nitrogen and oxygen atoms in total. The number of piperidine rings is 1. The predicted octanol–water partition coefficient (Wildman–Crippen LogP) is 3.67. The van der Waals surface area contributed by atoms with Gasteiger partial charge >= 0.3 is 0 Å². The van der Waals surface area contributed by atoms with Gasteiger partial charge in [0.1, 0.15) is 17.7 Å². The number of aromatic nitrogens is 2. The molecule has 3 fully saturated rings. The van der Waals surface area contributed by atoms with E-state index in [1.165, 1.54) is 17.4 Å². The quantitative estimate of drug-likeness (QED) is 0.539. The second kappa shape index (κ2) is 10.3. The van der Waals surface area contributed by atoms with Crippen LogP contribution < -0.4 is 14.4 Å². The van der Waals surface area contributed by atoms with Crippen LogP contribution in [0.3, 0.4) is 0 Å². The molecule has 0 radical (unpaired) electrons. The van der Waals surface area contributed by atoms with Crippen molar-refractivity contribution >= 4 is 11.9 Å². The van der Waals surface area contributed by atoms with Gasteiger partial charge in [-0.1, -0.05) is 6.07 Å². The number of hydrogen-bond donors (Lipinski definition) is 0. The number of methoxy groups -OCH3 is 1. The lowest BCUT2D eigenvalue weighted by Gasteiger charge is -2.34. The van der Waals surface area contributed by atoms with Gasteiger partial charge in [-0.3, -0.25) is 4.79 Å². The Morgan fingerprint density at radius 2 is 1.89 bits per heavy atom. The Bertz CT molecular complexity index is 1020. The molecule has 0 spiro atoms. The fourth-order valence-corrected chi connectivity index (χ4v) is 5.28. The maximum atomic E-state index is 14.4. The molecule has 0 N–H and O–H groups in total. The van der Waals surface area contributed by atoms with Crippen LogP contribution in [0.25, 0.3) is 0 Å². The first-order chi connectivity index (χ1) is 17.0. The summed E-state index contributed by atoms with van der Waals surface area (Å²) in [4.78, 5) is 24.5. The average molecular weight is 487 g/mol. The molecule has 2 atom stereocenters. The Balaban J connectivity index is 1.01. The molecule has 1 aliphatic carbocycles. The van der Waals surface area contributed by atoms with Gasteiger partial charge < -0.3 is 19.3 Å². The summed E-state index contributed by atoms with van der Waals surface area (Å²) in [6.07, 6.45) is 6.91. The standard InChI is InChI=1S/C26H32F2N4O3/c1-34-22-13-29-26(30-14-22)31-7-4-17(5-8-31)23-10-18(23)6-9-35-21-3-2-19(24(28)12-21)11-25(33)32-15-20(27)16-32/h2-3,12-14,17-18,20,23H,4-11,15-16H2,1H3/t18-,23-/m1/s1. The molecule has 1 aromatic carbocycles. The highest BCUT2D eigenvalue weighted by Gasteiger charge is 2.43. The SMILES string of the molecule is COc1cnc(N2CCC([C@H]3C[C@H]3CCOc3ccc(CC(=O)N4CC(F)C4)c(F)c3)CC2)nc1. The minimum atomic E-state index is -0.951. The Labute approximate surface area is 204 Å². The zero-order chi connectivity index (χ0) is 24.4. The first kappa shape index (κ1) is 23.8. The Morgan fingerprint density at radius 3 is 2.54 bits per heavy atom. The number of hydrogen-bond acceptors (Lipinski definition) is 6. The van der Waals surface area contributed by atoms with Crippen LogP contribution in [0.2, 0.25) is 0 Å². The minimum Gasteiger partial charge on any atom is -0.494 e. The summed E-state index contributed by atoms with van der Waals surface area (Å²) >= 11 is 0.